The lowest BCUT2D eigenvalue weighted by molar-refractivity contribution is 0.0955. The Labute approximate surface area is 184 Å². The van der Waals surface area contributed by atoms with Crippen LogP contribution in [-0.4, -0.2) is 23.7 Å². The average molecular weight is 468 g/mol. The number of ether oxygens (including phenoxy) is 2. The van der Waals surface area contributed by atoms with E-state index < -0.39 is 0 Å². The fraction of sp³-hybridized carbons (Fsp3) is 0.174. The number of rotatable bonds is 8. The minimum Gasteiger partial charge on any atom is -0.490 e. The van der Waals surface area contributed by atoms with Gasteiger partial charge in [-0.25, -0.2) is 5.43 Å². The van der Waals surface area contributed by atoms with E-state index in [1.807, 2.05) is 37.3 Å². The quantitative estimate of drug-likeness (QED) is 0.377. The van der Waals surface area contributed by atoms with Crippen LogP contribution in [0.4, 0.5) is 0 Å². The van der Waals surface area contributed by atoms with E-state index in [0.717, 1.165) is 15.6 Å². The monoisotopic (exact) mass is 467 g/mol. The fourth-order valence-electron chi connectivity index (χ4n) is 2.72. The highest BCUT2D eigenvalue weighted by molar-refractivity contribution is 9.10. The van der Waals surface area contributed by atoms with E-state index in [-0.39, 0.29) is 5.91 Å². The van der Waals surface area contributed by atoms with Crippen molar-refractivity contribution < 1.29 is 14.3 Å². The van der Waals surface area contributed by atoms with Crippen molar-refractivity contribution in [3.63, 3.8) is 0 Å². The largest absolute Gasteiger partial charge is 0.490 e. The molecule has 1 N–H and O–H groups in total. The number of nitrogens with zero attached hydrogens (tertiary/aromatic N) is 2. The summed E-state index contributed by atoms with van der Waals surface area (Å²) in [6.45, 7) is 4.89. The fourth-order valence-corrected chi connectivity index (χ4v) is 3.29. The molecule has 0 atom stereocenters. The summed E-state index contributed by atoms with van der Waals surface area (Å²) in [6.07, 6.45) is 4.66. The zero-order valence-corrected chi connectivity index (χ0v) is 18.3. The molecule has 3 aromatic rings. The molecular weight excluding hydrogens is 446 g/mol. The van der Waals surface area contributed by atoms with Crippen LogP contribution in [0, 0.1) is 6.92 Å². The summed E-state index contributed by atoms with van der Waals surface area (Å²) < 4.78 is 12.6. The van der Waals surface area contributed by atoms with E-state index in [2.05, 4.69) is 44.4 Å². The summed E-state index contributed by atoms with van der Waals surface area (Å²) in [5.41, 5.74) is 6.01. The number of pyridine rings is 1. The zero-order chi connectivity index (χ0) is 21.3. The minimum atomic E-state index is -0.309. The Hall–Kier alpha value is -3.19. The number of hydrogen-bond donors (Lipinski definition) is 1. The second-order valence-electron chi connectivity index (χ2n) is 6.41. The molecule has 0 spiro atoms. The van der Waals surface area contributed by atoms with Crippen molar-refractivity contribution in [2.75, 3.05) is 6.61 Å². The molecule has 0 aliphatic heterocycles. The molecular formula is C23H22BrN3O3. The van der Waals surface area contributed by atoms with Gasteiger partial charge in [0.2, 0.25) is 0 Å². The van der Waals surface area contributed by atoms with Gasteiger partial charge in [0, 0.05) is 18.0 Å². The SMILES string of the molecule is CCOc1cc(/C=N/NC(=O)c2ccncc2)cc(Br)c1OCc1ccccc1C. The molecule has 6 nitrogen and oxygen atoms in total. The van der Waals surface area contributed by atoms with E-state index in [0.29, 0.717) is 30.3 Å². The molecule has 2 aromatic carbocycles. The Morgan fingerprint density at radius 2 is 1.93 bits per heavy atom. The first-order valence-corrected chi connectivity index (χ1v) is 10.2. The summed E-state index contributed by atoms with van der Waals surface area (Å²) in [7, 11) is 0. The Morgan fingerprint density at radius 1 is 1.17 bits per heavy atom. The minimum absolute atomic E-state index is 0.309. The Bertz CT molecular complexity index is 1040. The maximum atomic E-state index is 12.1. The molecule has 1 aromatic heterocycles. The lowest BCUT2D eigenvalue weighted by Gasteiger charge is -2.15. The van der Waals surface area contributed by atoms with Crippen LogP contribution < -0.4 is 14.9 Å². The first-order valence-electron chi connectivity index (χ1n) is 9.45. The van der Waals surface area contributed by atoms with Gasteiger partial charge in [0.1, 0.15) is 6.61 Å². The number of benzene rings is 2. The summed E-state index contributed by atoms with van der Waals surface area (Å²) in [5, 5.41) is 4.03. The highest BCUT2D eigenvalue weighted by atomic mass is 79.9. The van der Waals surface area contributed by atoms with Crippen LogP contribution in [0.15, 0.2) is 70.5 Å². The predicted octanol–water partition coefficient (Wildman–Crippen LogP) is 4.89. The highest BCUT2D eigenvalue weighted by Gasteiger charge is 2.13. The van der Waals surface area contributed by atoms with Crippen molar-refractivity contribution >= 4 is 28.1 Å². The Morgan fingerprint density at radius 3 is 2.67 bits per heavy atom. The van der Waals surface area contributed by atoms with Gasteiger partial charge in [-0.15, -0.1) is 0 Å². The molecule has 30 heavy (non-hydrogen) atoms. The van der Waals surface area contributed by atoms with Gasteiger partial charge >= 0.3 is 0 Å². The third-order valence-electron chi connectivity index (χ3n) is 4.29. The number of halogens is 1. The van der Waals surface area contributed by atoms with Crippen LogP contribution in [0.25, 0.3) is 0 Å². The molecule has 1 heterocycles. The standard InChI is InChI=1S/C23H22BrN3O3/c1-3-29-21-13-17(14-26-27-23(28)18-8-10-25-11-9-18)12-20(24)22(21)30-15-19-7-5-4-6-16(19)2/h4-14H,3,15H2,1-2H3,(H,27,28)/b26-14+. The van der Waals surface area contributed by atoms with Crippen LogP contribution in [0.3, 0.4) is 0 Å². The second kappa shape index (κ2) is 10.5. The number of nitrogens with one attached hydrogen (secondary N) is 1. The summed E-state index contributed by atoms with van der Waals surface area (Å²) in [6, 6.07) is 15.0. The smallest absolute Gasteiger partial charge is 0.271 e. The third kappa shape index (κ3) is 5.67. The third-order valence-corrected chi connectivity index (χ3v) is 4.88. The van der Waals surface area contributed by atoms with Gasteiger partial charge in [-0.05, 0) is 70.7 Å². The number of hydrogen-bond acceptors (Lipinski definition) is 5. The number of carbonyl (C=O) groups excluding carboxylic acids is 1. The number of aryl methyl sites for hydroxylation is 1. The van der Waals surface area contributed by atoms with E-state index in [1.165, 1.54) is 5.56 Å². The average Bonchev–Trinajstić information content (AvgIpc) is 2.75. The second-order valence-corrected chi connectivity index (χ2v) is 7.27. The van der Waals surface area contributed by atoms with Gasteiger partial charge in [0.05, 0.1) is 17.3 Å². The number of carbonyl (C=O) groups is 1. The van der Waals surface area contributed by atoms with Gasteiger partial charge < -0.3 is 9.47 Å². The molecule has 3 rings (SSSR count). The first kappa shape index (κ1) is 21.5. The number of amides is 1. The maximum Gasteiger partial charge on any atom is 0.271 e. The maximum absolute atomic E-state index is 12.1. The molecule has 0 unspecified atom stereocenters. The topological polar surface area (TPSA) is 72.8 Å². The van der Waals surface area contributed by atoms with Crippen molar-refractivity contribution in [3.05, 3.63) is 87.7 Å². The van der Waals surface area contributed by atoms with Crippen LogP contribution in [-0.2, 0) is 6.61 Å². The number of aromatic nitrogens is 1. The van der Waals surface area contributed by atoms with Gasteiger partial charge in [0.15, 0.2) is 11.5 Å². The lowest BCUT2D eigenvalue weighted by Crippen LogP contribution is -2.17. The molecule has 1 amide bonds. The normalized spacial score (nSPS) is 10.8. The van der Waals surface area contributed by atoms with E-state index in [1.54, 1.807) is 30.7 Å². The van der Waals surface area contributed by atoms with Gasteiger partial charge in [-0.1, -0.05) is 24.3 Å². The van der Waals surface area contributed by atoms with Gasteiger partial charge in [-0.3, -0.25) is 9.78 Å². The summed E-state index contributed by atoms with van der Waals surface area (Å²) in [4.78, 5) is 16.0. The molecule has 0 aliphatic rings. The first-order chi connectivity index (χ1) is 14.6. The van der Waals surface area contributed by atoms with Gasteiger partial charge in [-0.2, -0.15) is 5.10 Å². The van der Waals surface area contributed by atoms with Crippen LogP contribution in [0.2, 0.25) is 0 Å². The zero-order valence-electron chi connectivity index (χ0n) is 16.8. The Balaban J connectivity index is 1.73. The van der Waals surface area contributed by atoms with Gasteiger partial charge in [0.25, 0.3) is 5.91 Å². The van der Waals surface area contributed by atoms with Crippen molar-refractivity contribution in [1.29, 1.82) is 0 Å². The molecule has 7 heteroatoms. The molecule has 0 saturated carbocycles. The van der Waals surface area contributed by atoms with E-state index in [4.69, 9.17) is 9.47 Å². The summed E-state index contributed by atoms with van der Waals surface area (Å²) in [5.74, 6) is 0.913. The predicted molar refractivity (Wildman–Crippen MR) is 120 cm³/mol. The molecule has 0 fully saturated rings. The van der Waals surface area contributed by atoms with Crippen molar-refractivity contribution in [1.82, 2.24) is 10.4 Å². The highest BCUT2D eigenvalue weighted by Crippen LogP contribution is 2.37. The molecule has 0 bridgehead atoms. The van der Waals surface area contributed by atoms with Crippen LogP contribution in [0.5, 0.6) is 11.5 Å². The van der Waals surface area contributed by atoms with Crippen molar-refractivity contribution in [3.8, 4) is 11.5 Å². The van der Waals surface area contributed by atoms with Crippen molar-refractivity contribution in [2.45, 2.75) is 20.5 Å². The van der Waals surface area contributed by atoms with Crippen LogP contribution in [0.1, 0.15) is 34.0 Å². The lowest BCUT2D eigenvalue weighted by atomic mass is 10.1. The van der Waals surface area contributed by atoms with E-state index in [9.17, 15) is 4.79 Å². The van der Waals surface area contributed by atoms with Crippen LogP contribution >= 0.6 is 15.9 Å². The molecule has 0 radical (unpaired) electrons. The summed E-state index contributed by atoms with van der Waals surface area (Å²) >= 11 is 3.56. The Kier molecular flexibility index (Phi) is 7.57. The molecule has 154 valence electrons. The number of hydrazone groups is 1. The van der Waals surface area contributed by atoms with Crippen molar-refractivity contribution in [2.24, 2.45) is 5.10 Å². The molecule has 0 aliphatic carbocycles. The van der Waals surface area contributed by atoms with E-state index >= 15 is 0 Å². The molecule has 0 saturated heterocycles.